The molecular weight excluding hydrogens is 320 g/mol. The Hall–Kier alpha value is -1.92. The van der Waals surface area contributed by atoms with Crippen molar-refractivity contribution in [1.82, 2.24) is 9.80 Å². The molecule has 0 aliphatic carbocycles. The Morgan fingerprint density at radius 2 is 1.96 bits per heavy atom. The van der Waals surface area contributed by atoms with Crippen LogP contribution in [-0.2, 0) is 16.0 Å². The van der Waals surface area contributed by atoms with E-state index in [1.54, 1.807) is 23.9 Å². The Morgan fingerprint density at radius 3 is 2.56 bits per heavy atom. The fraction of sp³-hybridized carbons (Fsp3) is 0.579. The lowest BCUT2D eigenvalue weighted by atomic mass is 9.73. The van der Waals surface area contributed by atoms with Crippen LogP contribution in [0.15, 0.2) is 30.3 Å². The molecule has 1 heterocycles. The first kappa shape index (κ1) is 19.4. The van der Waals surface area contributed by atoms with Crippen LogP contribution in [0.2, 0.25) is 0 Å². The number of aryl methyl sites for hydroxylation is 1. The summed E-state index contributed by atoms with van der Waals surface area (Å²) in [7, 11) is 3.61. The van der Waals surface area contributed by atoms with Gasteiger partial charge in [0.1, 0.15) is 5.41 Å². The SMILES string of the molecule is CN(C)CC(=O)N1CC[C@H](O)[C@](CCCc2ccccc2)(C(=O)O)C1. The summed E-state index contributed by atoms with van der Waals surface area (Å²) in [6.07, 6.45) is 1.14. The van der Waals surface area contributed by atoms with Gasteiger partial charge in [0.15, 0.2) is 0 Å². The number of piperidine rings is 1. The summed E-state index contributed by atoms with van der Waals surface area (Å²) in [4.78, 5) is 27.7. The molecule has 1 aliphatic heterocycles. The Bertz CT molecular complexity index is 590. The maximum absolute atomic E-state index is 12.3. The number of aliphatic hydroxyl groups is 1. The average Bonchev–Trinajstić information content (AvgIpc) is 2.56. The topological polar surface area (TPSA) is 81.1 Å². The molecule has 0 radical (unpaired) electrons. The molecule has 1 amide bonds. The molecule has 6 nitrogen and oxygen atoms in total. The molecule has 2 N–H and O–H groups in total. The highest BCUT2D eigenvalue weighted by atomic mass is 16.4. The van der Waals surface area contributed by atoms with E-state index in [2.05, 4.69) is 0 Å². The van der Waals surface area contributed by atoms with Crippen LogP contribution in [0.4, 0.5) is 0 Å². The zero-order valence-corrected chi connectivity index (χ0v) is 15.0. The molecule has 0 unspecified atom stereocenters. The summed E-state index contributed by atoms with van der Waals surface area (Å²) in [5.41, 5.74) is -0.136. The first-order valence-corrected chi connectivity index (χ1v) is 8.73. The lowest BCUT2D eigenvalue weighted by Crippen LogP contribution is -2.58. The largest absolute Gasteiger partial charge is 0.481 e. The lowest BCUT2D eigenvalue weighted by Gasteiger charge is -2.43. The van der Waals surface area contributed by atoms with Gasteiger partial charge in [-0.05, 0) is 45.3 Å². The zero-order valence-electron chi connectivity index (χ0n) is 15.0. The third-order valence-electron chi connectivity index (χ3n) is 4.94. The maximum atomic E-state index is 12.3. The van der Waals surface area contributed by atoms with Gasteiger partial charge >= 0.3 is 5.97 Å². The molecular formula is C19H28N2O4. The predicted octanol–water partition coefficient (Wildman–Crippen LogP) is 1.24. The van der Waals surface area contributed by atoms with Gasteiger partial charge in [-0.3, -0.25) is 9.59 Å². The van der Waals surface area contributed by atoms with Gasteiger partial charge in [0.2, 0.25) is 5.91 Å². The summed E-state index contributed by atoms with van der Waals surface area (Å²) < 4.78 is 0. The average molecular weight is 348 g/mol. The smallest absolute Gasteiger partial charge is 0.314 e. The van der Waals surface area contributed by atoms with Gasteiger partial charge < -0.3 is 20.0 Å². The van der Waals surface area contributed by atoms with Gasteiger partial charge in [-0.25, -0.2) is 0 Å². The standard InChI is InChI=1S/C19H28N2O4/c1-20(2)13-17(23)21-12-10-16(22)19(14-21,18(24)25)11-6-9-15-7-4-3-5-8-15/h3-5,7-8,16,22H,6,9-14H2,1-2H3,(H,24,25)/t16-,19+/m0/s1. The second-order valence-corrected chi connectivity index (χ2v) is 7.16. The summed E-state index contributed by atoms with van der Waals surface area (Å²) in [5.74, 6) is -1.11. The molecule has 1 aromatic rings. The third-order valence-corrected chi connectivity index (χ3v) is 4.94. The molecule has 0 aromatic heterocycles. The number of carbonyl (C=O) groups is 2. The molecule has 0 bridgehead atoms. The zero-order chi connectivity index (χ0) is 18.4. The van der Waals surface area contributed by atoms with Crippen molar-refractivity contribution in [2.24, 2.45) is 5.41 Å². The molecule has 1 aliphatic rings. The van der Waals surface area contributed by atoms with Crippen LogP contribution in [-0.4, -0.2) is 71.7 Å². The number of carboxylic acid groups (broad SMARTS) is 1. The predicted molar refractivity (Wildman–Crippen MR) is 95.2 cm³/mol. The molecule has 0 saturated carbocycles. The molecule has 2 rings (SSSR count). The summed E-state index contributed by atoms with van der Waals surface area (Å²) >= 11 is 0. The summed E-state index contributed by atoms with van der Waals surface area (Å²) in [6.45, 7) is 0.725. The third kappa shape index (κ3) is 4.80. The van der Waals surface area contributed by atoms with Gasteiger partial charge in [-0.1, -0.05) is 30.3 Å². The Kier molecular flexibility index (Phi) is 6.56. The van der Waals surface area contributed by atoms with Crippen molar-refractivity contribution in [2.75, 3.05) is 33.7 Å². The quantitative estimate of drug-likeness (QED) is 0.775. The van der Waals surface area contributed by atoms with Crippen molar-refractivity contribution >= 4 is 11.9 Å². The normalized spacial score (nSPS) is 23.7. The van der Waals surface area contributed by atoms with Gasteiger partial charge in [0.25, 0.3) is 0 Å². The minimum Gasteiger partial charge on any atom is -0.481 e. The molecule has 1 saturated heterocycles. The highest BCUT2D eigenvalue weighted by Gasteiger charge is 2.49. The first-order chi connectivity index (χ1) is 11.8. The number of aliphatic carboxylic acids is 1. The Balaban J connectivity index is 2.06. The number of benzene rings is 1. The second kappa shape index (κ2) is 8.45. The van der Waals surface area contributed by atoms with Gasteiger partial charge in [0.05, 0.1) is 12.6 Å². The van der Waals surface area contributed by atoms with Crippen molar-refractivity contribution in [2.45, 2.75) is 31.8 Å². The van der Waals surface area contributed by atoms with E-state index in [0.717, 1.165) is 12.0 Å². The highest BCUT2D eigenvalue weighted by molar-refractivity contribution is 5.81. The number of rotatable bonds is 7. The Labute approximate surface area is 149 Å². The van der Waals surface area contributed by atoms with E-state index in [9.17, 15) is 19.8 Å². The van der Waals surface area contributed by atoms with Crippen LogP contribution in [0.1, 0.15) is 24.8 Å². The fourth-order valence-electron chi connectivity index (χ4n) is 3.48. The van der Waals surface area contributed by atoms with E-state index in [4.69, 9.17) is 0 Å². The van der Waals surface area contributed by atoms with Gasteiger partial charge in [-0.15, -0.1) is 0 Å². The van der Waals surface area contributed by atoms with E-state index < -0.39 is 17.5 Å². The molecule has 25 heavy (non-hydrogen) atoms. The number of hydrogen-bond acceptors (Lipinski definition) is 4. The monoisotopic (exact) mass is 348 g/mol. The number of likely N-dealkylation sites (N-methyl/N-ethyl adjacent to an activating group) is 1. The van der Waals surface area contributed by atoms with Crippen molar-refractivity contribution in [1.29, 1.82) is 0 Å². The molecule has 1 fully saturated rings. The van der Waals surface area contributed by atoms with Crippen molar-refractivity contribution in [3.8, 4) is 0 Å². The number of aliphatic hydroxyl groups excluding tert-OH is 1. The number of carboxylic acids is 1. The molecule has 0 spiro atoms. The number of hydrogen-bond donors (Lipinski definition) is 2. The minimum absolute atomic E-state index is 0.0744. The van der Waals surface area contributed by atoms with Gasteiger partial charge in [0, 0.05) is 13.1 Å². The maximum Gasteiger partial charge on any atom is 0.314 e. The summed E-state index contributed by atoms with van der Waals surface area (Å²) in [5, 5.41) is 20.3. The highest BCUT2D eigenvalue weighted by Crippen LogP contribution is 2.36. The fourth-order valence-corrected chi connectivity index (χ4v) is 3.48. The second-order valence-electron chi connectivity index (χ2n) is 7.16. The van der Waals surface area contributed by atoms with Crippen molar-refractivity contribution in [3.63, 3.8) is 0 Å². The number of likely N-dealkylation sites (tertiary alicyclic amines) is 1. The van der Waals surface area contributed by atoms with E-state index in [1.807, 2.05) is 30.3 Å². The minimum atomic E-state index is -1.28. The van der Waals surface area contributed by atoms with E-state index in [-0.39, 0.29) is 19.0 Å². The van der Waals surface area contributed by atoms with Crippen molar-refractivity contribution < 1.29 is 19.8 Å². The number of nitrogens with zero attached hydrogens (tertiary/aromatic N) is 2. The van der Waals surface area contributed by atoms with Crippen LogP contribution in [0.5, 0.6) is 0 Å². The van der Waals surface area contributed by atoms with E-state index in [0.29, 0.717) is 25.8 Å². The van der Waals surface area contributed by atoms with Crippen LogP contribution >= 0.6 is 0 Å². The van der Waals surface area contributed by atoms with E-state index >= 15 is 0 Å². The molecule has 138 valence electrons. The lowest BCUT2D eigenvalue weighted by molar-refractivity contribution is -0.167. The first-order valence-electron chi connectivity index (χ1n) is 8.73. The van der Waals surface area contributed by atoms with Crippen LogP contribution in [0.25, 0.3) is 0 Å². The molecule has 6 heteroatoms. The molecule has 2 atom stereocenters. The number of carbonyl (C=O) groups excluding carboxylic acids is 1. The number of amides is 1. The summed E-state index contributed by atoms with van der Waals surface area (Å²) in [6, 6.07) is 9.88. The van der Waals surface area contributed by atoms with Crippen molar-refractivity contribution in [3.05, 3.63) is 35.9 Å². The van der Waals surface area contributed by atoms with E-state index in [1.165, 1.54) is 0 Å². The molecule has 1 aromatic carbocycles. The van der Waals surface area contributed by atoms with Crippen LogP contribution < -0.4 is 0 Å². The van der Waals surface area contributed by atoms with Crippen LogP contribution in [0.3, 0.4) is 0 Å². The van der Waals surface area contributed by atoms with Gasteiger partial charge in [-0.2, -0.15) is 0 Å². The van der Waals surface area contributed by atoms with Crippen LogP contribution in [0, 0.1) is 5.41 Å². The Morgan fingerprint density at radius 1 is 1.28 bits per heavy atom.